The fraction of sp³-hybridized carbons (Fsp3) is 0.208. The third-order valence-corrected chi connectivity index (χ3v) is 7.26. The number of aromatic amines is 1. The molecule has 5 rings (SSSR count). The lowest BCUT2D eigenvalue weighted by Gasteiger charge is -2.27. The minimum atomic E-state index is -0.536. The minimum absolute atomic E-state index is 0.0530. The topological polar surface area (TPSA) is 92.1 Å². The third kappa shape index (κ3) is 3.67. The van der Waals surface area contributed by atoms with Crippen LogP contribution in [0.5, 0.6) is 0 Å². The number of amides is 2. The summed E-state index contributed by atoms with van der Waals surface area (Å²) in [6.07, 6.45) is 0.864. The Morgan fingerprint density at radius 3 is 2.88 bits per heavy atom. The summed E-state index contributed by atoms with van der Waals surface area (Å²) in [5, 5.41) is 2.68. The maximum absolute atomic E-state index is 13.3. The van der Waals surface area contributed by atoms with Gasteiger partial charge < -0.3 is 15.6 Å². The number of benzene rings is 2. The Bertz CT molecular complexity index is 1360. The van der Waals surface area contributed by atoms with Crippen LogP contribution in [0.3, 0.4) is 0 Å². The Balaban J connectivity index is 1.50. The fourth-order valence-corrected chi connectivity index (χ4v) is 5.30. The Kier molecular flexibility index (Phi) is 5.23. The lowest BCUT2D eigenvalue weighted by molar-refractivity contribution is 0.0735. The highest BCUT2D eigenvalue weighted by Crippen LogP contribution is 2.30. The van der Waals surface area contributed by atoms with E-state index in [4.69, 9.17) is 17.3 Å². The normalized spacial score (nSPS) is 14.4. The second-order valence-corrected chi connectivity index (χ2v) is 9.45. The summed E-state index contributed by atoms with van der Waals surface area (Å²) in [7, 11) is 0. The maximum atomic E-state index is 13.3. The molecule has 162 valence electrons. The molecule has 8 heteroatoms. The van der Waals surface area contributed by atoms with E-state index in [-0.39, 0.29) is 11.8 Å². The van der Waals surface area contributed by atoms with Crippen LogP contribution in [0.25, 0.3) is 11.0 Å². The minimum Gasteiger partial charge on any atom is -0.366 e. The smallest absolute Gasteiger partial charge is 0.254 e. The van der Waals surface area contributed by atoms with Gasteiger partial charge in [0.2, 0.25) is 5.91 Å². The van der Waals surface area contributed by atoms with Crippen molar-refractivity contribution in [2.45, 2.75) is 25.8 Å². The molecule has 2 aromatic carbocycles. The van der Waals surface area contributed by atoms with Crippen molar-refractivity contribution in [1.29, 1.82) is 0 Å². The molecular formula is C24H21ClN4O2S. The van der Waals surface area contributed by atoms with Crippen molar-refractivity contribution in [2.75, 3.05) is 6.54 Å². The molecule has 0 bridgehead atoms. The monoisotopic (exact) mass is 464 g/mol. The molecule has 3 heterocycles. The van der Waals surface area contributed by atoms with Gasteiger partial charge in [0.1, 0.15) is 5.82 Å². The molecule has 0 fully saturated rings. The number of H-pyrrole nitrogens is 1. The Morgan fingerprint density at radius 1 is 1.22 bits per heavy atom. The molecule has 1 aliphatic rings. The zero-order valence-corrected chi connectivity index (χ0v) is 19.0. The summed E-state index contributed by atoms with van der Waals surface area (Å²) in [6, 6.07) is 12.6. The predicted octanol–water partition coefficient (Wildman–Crippen LogP) is 4.73. The summed E-state index contributed by atoms with van der Waals surface area (Å²) >= 11 is 7.83. The number of carbonyl (C=O) groups excluding carboxylic acids is 2. The molecule has 1 unspecified atom stereocenters. The van der Waals surface area contributed by atoms with Crippen molar-refractivity contribution in [3.63, 3.8) is 0 Å². The zero-order valence-electron chi connectivity index (χ0n) is 17.4. The van der Waals surface area contributed by atoms with Crippen LogP contribution >= 0.6 is 22.9 Å². The number of fused-ring (bicyclic) bond motifs is 2. The van der Waals surface area contributed by atoms with Crippen LogP contribution in [0.4, 0.5) is 0 Å². The van der Waals surface area contributed by atoms with Gasteiger partial charge in [-0.15, -0.1) is 11.3 Å². The molecule has 0 saturated heterocycles. The molecule has 4 aromatic rings. The van der Waals surface area contributed by atoms with Gasteiger partial charge in [-0.3, -0.25) is 9.59 Å². The Labute approximate surface area is 194 Å². The molecule has 6 nitrogen and oxygen atoms in total. The number of primary amides is 1. The lowest BCUT2D eigenvalue weighted by atomic mass is 9.92. The molecule has 0 saturated carbocycles. The van der Waals surface area contributed by atoms with Crippen molar-refractivity contribution in [3.05, 3.63) is 85.8 Å². The van der Waals surface area contributed by atoms with Gasteiger partial charge in [-0.1, -0.05) is 18.5 Å². The number of halogens is 1. The maximum Gasteiger partial charge on any atom is 0.254 e. The van der Waals surface area contributed by atoms with Gasteiger partial charge in [-0.25, -0.2) is 4.98 Å². The van der Waals surface area contributed by atoms with E-state index in [1.54, 1.807) is 35.6 Å². The molecule has 0 aliphatic carbocycles. The van der Waals surface area contributed by atoms with Crippen LogP contribution in [-0.2, 0) is 13.0 Å². The summed E-state index contributed by atoms with van der Waals surface area (Å²) in [4.78, 5) is 36.6. The number of nitrogens with two attached hydrogens (primary N) is 1. The van der Waals surface area contributed by atoms with Gasteiger partial charge in [0.15, 0.2) is 0 Å². The highest BCUT2D eigenvalue weighted by molar-refractivity contribution is 7.10. The van der Waals surface area contributed by atoms with Gasteiger partial charge in [0.05, 0.1) is 11.0 Å². The van der Waals surface area contributed by atoms with Crippen LogP contribution in [0.1, 0.15) is 55.4 Å². The number of nitrogens with zero attached hydrogens (tertiary/aromatic N) is 2. The summed E-state index contributed by atoms with van der Waals surface area (Å²) in [5.41, 5.74) is 10.0. The number of hydrogen-bond donors (Lipinski definition) is 2. The second-order valence-electron chi connectivity index (χ2n) is 8.02. The lowest BCUT2D eigenvalue weighted by Crippen LogP contribution is -2.35. The molecule has 0 radical (unpaired) electrons. The first kappa shape index (κ1) is 20.7. The van der Waals surface area contributed by atoms with Gasteiger partial charge >= 0.3 is 0 Å². The molecular weight excluding hydrogens is 444 g/mol. The van der Waals surface area contributed by atoms with Crippen molar-refractivity contribution >= 4 is 45.8 Å². The van der Waals surface area contributed by atoms with Crippen LogP contribution in [0, 0.1) is 0 Å². The average molecular weight is 465 g/mol. The van der Waals surface area contributed by atoms with Crippen molar-refractivity contribution in [3.8, 4) is 0 Å². The predicted molar refractivity (Wildman–Crippen MR) is 126 cm³/mol. The van der Waals surface area contributed by atoms with Crippen LogP contribution in [0.15, 0.2) is 47.8 Å². The number of hydrogen-bond acceptors (Lipinski definition) is 4. The molecule has 2 aromatic heterocycles. The number of imidazole rings is 1. The first-order valence-electron chi connectivity index (χ1n) is 10.3. The van der Waals surface area contributed by atoms with Crippen molar-refractivity contribution in [2.24, 2.45) is 5.73 Å². The van der Waals surface area contributed by atoms with E-state index in [0.29, 0.717) is 40.6 Å². The van der Waals surface area contributed by atoms with E-state index in [0.717, 1.165) is 17.5 Å². The van der Waals surface area contributed by atoms with Crippen molar-refractivity contribution in [1.82, 2.24) is 14.9 Å². The first-order valence-corrected chi connectivity index (χ1v) is 11.6. The Morgan fingerprint density at radius 2 is 2.06 bits per heavy atom. The summed E-state index contributed by atoms with van der Waals surface area (Å²) < 4.78 is 0. The highest BCUT2D eigenvalue weighted by Gasteiger charge is 2.25. The number of rotatable bonds is 4. The van der Waals surface area contributed by atoms with Crippen molar-refractivity contribution < 1.29 is 9.59 Å². The number of nitrogens with one attached hydrogen (secondary N) is 1. The quantitative estimate of drug-likeness (QED) is 0.457. The number of aromatic nitrogens is 2. The summed E-state index contributed by atoms with van der Waals surface area (Å²) in [6.45, 7) is 3.22. The number of carbonyl (C=O) groups is 2. The van der Waals surface area contributed by atoms with E-state index < -0.39 is 5.91 Å². The molecule has 32 heavy (non-hydrogen) atoms. The first-order chi connectivity index (χ1) is 15.4. The van der Waals surface area contributed by atoms with Gasteiger partial charge in [-0.2, -0.15) is 0 Å². The Hall–Kier alpha value is -3.16. The highest BCUT2D eigenvalue weighted by atomic mass is 35.5. The summed E-state index contributed by atoms with van der Waals surface area (Å²) in [5.74, 6) is -0.190. The number of thiophene rings is 1. The largest absolute Gasteiger partial charge is 0.366 e. The van der Waals surface area contributed by atoms with E-state index in [9.17, 15) is 9.59 Å². The molecule has 3 N–H and O–H groups in total. The van der Waals surface area contributed by atoms with E-state index in [2.05, 4.69) is 21.4 Å². The van der Waals surface area contributed by atoms with Gasteiger partial charge in [-0.05, 0) is 65.4 Å². The van der Waals surface area contributed by atoms with E-state index in [1.807, 2.05) is 24.0 Å². The fourth-order valence-electron chi connectivity index (χ4n) is 4.24. The molecule has 1 aliphatic heterocycles. The SMILES string of the molecule is CC(c1nc2ccc(Cl)cc2[nH]1)c1cc(C(=O)N2CCc3sccc3C2)ccc1C(N)=O. The van der Waals surface area contributed by atoms with Gasteiger partial charge in [0.25, 0.3) is 5.91 Å². The van der Waals surface area contributed by atoms with Crippen LogP contribution < -0.4 is 5.73 Å². The van der Waals surface area contributed by atoms with E-state index >= 15 is 0 Å². The van der Waals surface area contributed by atoms with Crippen LogP contribution in [0.2, 0.25) is 5.02 Å². The second kappa shape index (κ2) is 8.07. The standard InChI is InChI=1S/C24H21ClN4O2S/c1-13(23-27-19-5-3-16(25)11-20(19)28-23)18-10-14(2-4-17(18)22(26)30)24(31)29-8-6-21-15(12-29)7-9-32-21/h2-5,7,9-11,13H,6,8,12H2,1H3,(H2,26,30)(H,27,28). The van der Waals surface area contributed by atoms with Crippen LogP contribution in [-0.4, -0.2) is 33.2 Å². The molecule has 2 amide bonds. The third-order valence-electron chi connectivity index (χ3n) is 6.00. The average Bonchev–Trinajstić information content (AvgIpc) is 3.43. The van der Waals surface area contributed by atoms with E-state index in [1.165, 1.54) is 10.4 Å². The molecule has 0 spiro atoms. The zero-order chi connectivity index (χ0) is 22.4. The van der Waals surface area contributed by atoms with Gasteiger partial charge in [0, 0.05) is 40.0 Å². The molecule has 1 atom stereocenters.